The number of hydrogen-bond acceptors (Lipinski definition) is 8. The third kappa shape index (κ3) is 6.27. The Labute approximate surface area is 199 Å². The minimum Gasteiger partial charge on any atom is -0.375 e. The number of aryl methyl sites for hydroxylation is 1. The van der Waals surface area contributed by atoms with E-state index in [9.17, 15) is 17.6 Å². The Hall–Kier alpha value is -3.67. The van der Waals surface area contributed by atoms with Gasteiger partial charge < -0.3 is 15.0 Å². The fourth-order valence-corrected chi connectivity index (χ4v) is 3.56. The van der Waals surface area contributed by atoms with E-state index in [1.165, 1.54) is 6.07 Å². The van der Waals surface area contributed by atoms with Crippen molar-refractivity contribution in [1.82, 2.24) is 15.0 Å². The normalized spacial score (nSPS) is 16.6. The molecule has 1 aliphatic rings. The third-order valence-corrected chi connectivity index (χ3v) is 5.26. The maximum Gasteiger partial charge on any atom is 0.416 e. The second-order valence-electron chi connectivity index (χ2n) is 8.01. The summed E-state index contributed by atoms with van der Waals surface area (Å²) in [4.78, 5) is 14.3. The molecule has 3 heterocycles. The molecular weight excluding hydrogens is 466 g/mol. The number of morpholine rings is 1. The summed E-state index contributed by atoms with van der Waals surface area (Å²) in [5.41, 5.74) is 1.30. The van der Waals surface area contributed by atoms with Gasteiger partial charge in [0.25, 0.3) is 5.95 Å². The highest BCUT2D eigenvalue weighted by Gasteiger charge is 2.30. The molecular formula is C23H23F4N7O. The molecule has 1 aromatic carbocycles. The summed E-state index contributed by atoms with van der Waals surface area (Å²) in [7, 11) is 0. The minimum absolute atomic E-state index is 0.0279. The van der Waals surface area contributed by atoms with Gasteiger partial charge in [0.15, 0.2) is 11.6 Å². The maximum absolute atomic E-state index is 14.2. The van der Waals surface area contributed by atoms with Gasteiger partial charge in [-0.25, -0.2) is 9.37 Å². The summed E-state index contributed by atoms with van der Waals surface area (Å²) in [5.74, 6) is -0.359. The lowest BCUT2D eigenvalue weighted by Gasteiger charge is -2.31. The van der Waals surface area contributed by atoms with Crippen molar-refractivity contribution in [3.8, 4) is 0 Å². The van der Waals surface area contributed by atoms with Gasteiger partial charge in [0.2, 0.25) is 0 Å². The molecule has 35 heavy (non-hydrogen) atoms. The number of halogens is 4. The van der Waals surface area contributed by atoms with Crippen LogP contribution in [-0.4, -0.2) is 40.8 Å². The molecule has 0 bridgehead atoms. The maximum atomic E-state index is 14.2. The molecule has 184 valence electrons. The van der Waals surface area contributed by atoms with E-state index in [1.807, 2.05) is 6.92 Å². The Morgan fingerprint density at radius 1 is 1.20 bits per heavy atom. The number of alkyl halides is 3. The van der Waals surface area contributed by atoms with Crippen LogP contribution in [0.15, 0.2) is 52.8 Å². The first-order valence-corrected chi connectivity index (χ1v) is 10.9. The Morgan fingerprint density at radius 3 is 2.77 bits per heavy atom. The molecule has 0 saturated carbocycles. The van der Waals surface area contributed by atoms with Gasteiger partial charge in [-0.05, 0) is 44.2 Å². The Morgan fingerprint density at radius 2 is 2.03 bits per heavy atom. The largest absolute Gasteiger partial charge is 0.416 e. The smallest absolute Gasteiger partial charge is 0.375 e. The monoisotopic (exact) mass is 489 g/mol. The molecule has 1 N–H and O–H groups in total. The first kappa shape index (κ1) is 24.5. The second-order valence-corrected chi connectivity index (χ2v) is 8.01. The SMILES string of the molecule is Cc1nc(CN=Nc2ncc(F)c(N3CCOC(C)C3)n2)ccc1Nc1cccc(C(F)(F)F)c1. The average Bonchev–Trinajstić information content (AvgIpc) is 2.81. The molecule has 1 unspecified atom stereocenters. The molecule has 12 heteroatoms. The second kappa shape index (κ2) is 10.3. The Balaban J connectivity index is 1.41. The van der Waals surface area contributed by atoms with Crippen molar-refractivity contribution in [3.63, 3.8) is 0 Å². The van der Waals surface area contributed by atoms with E-state index in [4.69, 9.17) is 4.74 Å². The van der Waals surface area contributed by atoms with Gasteiger partial charge in [0.1, 0.15) is 6.54 Å². The first-order valence-electron chi connectivity index (χ1n) is 10.9. The zero-order valence-corrected chi connectivity index (χ0v) is 19.1. The van der Waals surface area contributed by atoms with E-state index in [1.54, 1.807) is 30.0 Å². The molecule has 4 rings (SSSR count). The quantitative estimate of drug-likeness (QED) is 0.359. The molecule has 1 aliphatic heterocycles. The van der Waals surface area contributed by atoms with Gasteiger partial charge in [0.05, 0.1) is 41.5 Å². The summed E-state index contributed by atoms with van der Waals surface area (Å²) >= 11 is 0. The topological polar surface area (TPSA) is 87.9 Å². The number of pyridine rings is 1. The van der Waals surface area contributed by atoms with Crippen LogP contribution in [0, 0.1) is 12.7 Å². The predicted molar refractivity (Wildman–Crippen MR) is 122 cm³/mol. The minimum atomic E-state index is -4.42. The number of nitrogens with zero attached hydrogens (tertiary/aromatic N) is 6. The van der Waals surface area contributed by atoms with E-state index in [0.717, 1.165) is 18.3 Å². The highest BCUT2D eigenvalue weighted by atomic mass is 19.4. The Bertz CT molecular complexity index is 1220. The summed E-state index contributed by atoms with van der Waals surface area (Å²) < 4.78 is 58.5. The fraction of sp³-hybridized carbons (Fsp3) is 0.348. The van der Waals surface area contributed by atoms with Crippen LogP contribution in [0.5, 0.6) is 0 Å². The first-order chi connectivity index (χ1) is 16.7. The summed E-state index contributed by atoms with van der Waals surface area (Å²) in [6.45, 7) is 5.25. The van der Waals surface area contributed by atoms with Crippen LogP contribution < -0.4 is 10.2 Å². The molecule has 3 aromatic rings. The third-order valence-electron chi connectivity index (χ3n) is 5.26. The van der Waals surface area contributed by atoms with Gasteiger partial charge in [-0.1, -0.05) is 6.07 Å². The molecule has 2 aromatic heterocycles. The van der Waals surface area contributed by atoms with E-state index in [0.29, 0.717) is 42.5 Å². The zero-order chi connectivity index (χ0) is 25.0. The van der Waals surface area contributed by atoms with Crippen LogP contribution in [0.2, 0.25) is 0 Å². The van der Waals surface area contributed by atoms with Crippen molar-refractivity contribution in [2.75, 3.05) is 29.9 Å². The molecule has 0 spiro atoms. The number of hydrogen-bond donors (Lipinski definition) is 1. The molecule has 0 amide bonds. The number of rotatable bonds is 6. The van der Waals surface area contributed by atoms with E-state index < -0.39 is 17.6 Å². The van der Waals surface area contributed by atoms with Crippen molar-refractivity contribution in [2.45, 2.75) is 32.7 Å². The molecule has 8 nitrogen and oxygen atoms in total. The van der Waals surface area contributed by atoms with Gasteiger partial charge >= 0.3 is 6.18 Å². The van der Waals surface area contributed by atoms with Crippen molar-refractivity contribution in [2.24, 2.45) is 10.2 Å². The van der Waals surface area contributed by atoms with E-state index in [2.05, 4.69) is 30.5 Å². The summed E-state index contributed by atoms with van der Waals surface area (Å²) in [6, 6.07) is 8.33. The van der Waals surface area contributed by atoms with Gasteiger partial charge in [0, 0.05) is 18.8 Å². The molecule has 1 saturated heterocycles. The number of aromatic nitrogens is 3. The van der Waals surface area contributed by atoms with Crippen LogP contribution in [0.1, 0.15) is 23.9 Å². The number of benzene rings is 1. The zero-order valence-electron chi connectivity index (χ0n) is 19.1. The number of anilines is 3. The number of ether oxygens (including phenoxy) is 1. The van der Waals surface area contributed by atoms with E-state index >= 15 is 0 Å². The van der Waals surface area contributed by atoms with Crippen LogP contribution >= 0.6 is 0 Å². The Kier molecular flexibility index (Phi) is 7.20. The van der Waals surface area contributed by atoms with Gasteiger partial charge in [-0.2, -0.15) is 23.3 Å². The predicted octanol–water partition coefficient (Wildman–Crippen LogP) is 5.59. The van der Waals surface area contributed by atoms with Crippen LogP contribution in [-0.2, 0) is 17.5 Å². The lowest BCUT2D eigenvalue weighted by Crippen LogP contribution is -2.42. The van der Waals surface area contributed by atoms with Crippen molar-refractivity contribution in [3.05, 3.63) is 65.4 Å². The van der Waals surface area contributed by atoms with E-state index in [-0.39, 0.29) is 24.4 Å². The summed E-state index contributed by atoms with van der Waals surface area (Å²) in [5, 5.41) is 11.0. The lowest BCUT2D eigenvalue weighted by atomic mass is 10.2. The van der Waals surface area contributed by atoms with Crippen LogP contribution in [0.25, 0.3) is 0 Å². The summed E-state index contributed by atoms with van der Waals surface area (Å²) in [6.07, 6.45) is -3.40. The number of nitrogens with one attached hydrogen (secondary N) is 1. The molecule has 0 radical (unpaired) electrons. The molecule has 1 fully saturated rings. The van der Waals surface area contributed by atoms with Crippen LogP contribution in [0.4, 0.5) is 40.7 Å². The van der Waals surface area contributed by atoms with Crippen LogP contribution in [0.3, 0.4) is 0 Å². The van der Waals surface area contributed by atoms with Crippen molar-refractivity contribution < 1.29 is 22.3 Å². The molecule has 1 atom stereocenters. The fourth-order valence-electron chi connectivity index (χ4n) is 3.56. The van der Waals surface area contributed by atoms with Gasteiger partial charge in [-0.3, -0.25) is 4.98 Å². The highest BCUT2D eigenvalue weighted by Crippen LogP contribution is 2.31. The molecule has 0 aliphatic carbocycles. The highest BCUT2D eigenvalue weighted by molar-refractivity contribution is 5.62. The van der Waals surface area contributed by atoms with Crippen molar-refractivity contribution in [1.29, 1.82) is 0 Å². The number of azo groups is 1. The van der Waals surface area contributed by atoms with Crippen molar-refractivity contribution >= 4 is 23.1 Å². The standard InChI is InChI=1S/C23H23F4N7O/c1-14-13-34(8-9-35-14)21-19(24)12-28-22(32-21)33-29-11-18-6-7-20(15(2)30-18)31-17-5-3-4-16(10-17)23(25,26)27/h3-7,10,12,14,31H,8-9,11,13H2,1-2H3. The lowest BCUT2D eigenvalue weighted by molar-refractivity contribution is -0.137. The van der Waals surface area contributed by atoms with Gasteiger partial charge in [-0.15, -0.1) is 5.11 Å². The average molecular weight is 489 g/mol.